The average Bonchev–Trinajstić information content (AvgIpc) is 2.95. The van der Waals surface area contributed by atoms with E-state index in [1.807, 2.05) is 37.3 Å². The number of hydrogen-bond acceptors (Lipinski definition) is 3. The van der Waals surface area contributed by atoms with E-state index < -0.39 is 5.91 Å². The molecule has 3 N–H and O–H groups in total. The van der Waals surface area contributed by atoms with Crippen molar-refractivity contribution in [1.82, 2.24) is 0 Å². The number of aryl methyl sites for hydroxylation is 1. The fourth-order valence-corrected chi connectivity index (χ4v) is 9.48. The Morgan fingerprint density at radius 1 is 1.17 bits per heavy atom. The molecule has 4 aliphatic carbocycles. The van der Waals surface area contributed by atoms with Gasteiger partial charge in [0.15, 0.2) is 0 Å². The van der Waals surface area contributed by atoms with Crippen molar-refractivity contribution in [1.29, 1.82) is 0 Å². The highest BCUT2D eigenvalue weighted by molar-refractivity contribution is 9.10. The maximum Gasteiger partial charge on any atom is 0.252 e. The quantitative estimate of drug-likeness (QED) is 0.517. The summed E-state index contributed by atoms with van der Waals surface area (Å²) < 4.78 is 0.232. The highest BCUT2D eigenvalue weighted by atomic mass is 79.9. The molecule has 0 spiro atoms. The summed E-state index contributed by atoms with van der Waals surface area (Å²) in [6.07, 6.45) is 7.77. The number of amides is 2. The molecule has 1 aromatic carbocycles. The predicted octanol–water partition coefficient (Wildman–Crippen LogP) is 5.88. The lowest BCUT2D eigenvalue weighted by Gasteiger charge is -2.60. The number of halogens is 1. The second-order valence-electron chi connectivity index (χ2n) is 9.80. The van der Waals surface area contributed by atoms with Gasteiger partial charge in [-0.05, 0) is 68.3 Å². The van der Waals surface area contributed by atoms with Crippen LogP contribution in [0.3, 0.4) is 0 Å². The number of thiophene rings is 1. The van der Waals surface area contributed by atoms with Gasteiger partial charge in [0.25, 0.3) is 5.91 Å². The zero-order valence-corrected chi connectivity index (χ0v) is 19.6. The van der Waals surface area contributed by atoms with Gasteiger partial charge in [-0.25, -0.2) is 0 Å². The third-order valence-corrected chi connectivity index (χ3v) is 9.24. The molecule has 4 bridgehead atoms. The first-order valence-corrected chi connectivity index (χ1v) is 12.3. The van der Waals surface area contributed by atoms with Crippen molar-refractivity contribution in [3.05, 3.63) is 40.8 Å². The van der Waals surface area contributed by atoms with Gasteiger partial charge in [0, 0.05) is 21.2 Å². The lowest BCUT2D eigenvalue weighted by atomic mass is 9.48. The van der Waals surface area contributed by atoms with Crippen molar-refractivity contribution < 1.29 is 9.59 Å². The minimum atomic E-state index is -0.497. The molecule has 0 radical (unpaired) electrons. The van der Waals surface area contributed by atoms with Crippen LogP contribution in [-0.2, 0) is 4.79 Å². The van der Waals surface area contributed by atoms with Crippen molar-refractivity contribution in [2.24, 2.45) is 23.0 Å². The van der Waals surface area contributed by atoms with Gasteiger partial charge in [0.1, 0.15) is 5.00 Å². The number of carbonyl (C=O) groups excluding carboxylic acids is 2. The summed E-state index contributed by atoms with van der Waals surface area (Å²) in [7, 11) is 0. The molecule has 30 heavy (non-hydrogen) atoms. The molecule has 2 unspecified atom stereocenters. The molecule has 0 saturated heterocycles. The average molecular weight is 487 g/mol. The van der Waals surface area contributed by atoms with Gasteiger partial charge in [-0.1, -0.05) is 46.3 Å². The van der Waals surface area contributed by atoms with E-state index in [9.17, 15) is 9.59 Å². The van der Waals surface area contributed by atoms with E-state index in [1.165, 1.54) is 30.6 Å². The van der Waals surface area contributed by atoms with Gasteiger partial charge in [-0.2, -0.15) is 0 Å². The number of primary amides is 1. The molecule has 2 atom stereocenters. The summed E-state index contributed by atoms with van der Waals surface area (Å²) in [4.78, 5) is 26.5. The van der Waals surface area contributed by atoms with Crippen molar-refractivity contribution >= 4 is 44.1 Å². The van der Waals surface area contributed by atoms with E-state index in [4.69, 9.17) is 5.73 Å². The van der Waals surface area contributed by atoms with E-state index in [0.717, 1.165) is 47.1 Å². The minimum Gasteiger partial charge on any atom is -0.365 e. The maximum absolute atomic E-state index is 13.2. The number of benzene rings is 1. The summed E-state index contributed by atoms with van der Waals surface area (Å²) in [6.45, 7) is 1.97. The molecular weight excluding hydrogens is 460 g/mol. The van der Waals surface area contributed by atoms with Crippen molar-refractivity contribution in [2.45, 2.75) is 56.2 Å². The predicted molar refractivity (Wildman–Crippen MR) is 125 cm³/mol. The van der Waals surface area contributed by atoms with Crippen molar-refractivity contribution in [2.75, 3.05) is 5.32 Å². The summed E-state index contributed by atoms with van der Waals surface area (Å²) in [6, 6.07) is 9.77. The number of carbonyl (C=O) groups is 2. The highest BCUT2D eigenvalue weighted by Gasteiger charge is 2.57. The maximum atomic E-state index is 13.2. The Morgan fingerprint density at radius 3 is 2.43 bits per heavy atom. The monoisotopic (exact) mass is 486 g/mol. The van der Waals surface area contributed by atoms with Crippen LogP contribution in [0, 0.1) is 24.2 Å². The van der Waals surface area contributed by atoms with E-state index in [1.54, 1.807) is 0 Å². The topological polar surface area (TPSA) is 72.2 Å². The largest absolute Gasteiger partial charge is 0.365 e. The summed E-state index contributed by atoms with van der Waals surface area (Å²) in [5, 5.41) is 3.66. The van der Waals surface area contributed by atoms with Gasteiger partial charge < -0.3 is 11.1 Å². The molecule has 6 heteroatoms. The number of nitrogens with two attached hydrogens (primary N) is 1. The third-order valence-electron chi connectivity index (χ3n) is 7.29. The van der Waals surface area contributed by atoms with E-state index in [-0.39, 0.29) is 15.6 Å². The van der Waals surface area contributed by atoms with Crippen LogP contribution in [-0.4, -0.2) is 16.1 Å². The lowest BCUT2D eigenvalue weighted by molar-refractivity contribution is -0.123. The second kappa shape index (κ2) is 7.20. The molecule has 0 aliphatic heterocycles. The number of rotatable bonds is 5. The van der Waals surface area contributed by atoms with Crippen LogP contribution in [0.4, 0.5) is 5.00 Å². The first-order chi connectivity index (χ1) is 14.3. The molecule has 1 aromatic heterocycles. The van der Waals surface area contributed by atoms with Crippen LogP contribution in [0.1, 0.15) is 60.2 Å². The Morgan fingerprint density at radius 2 is 1.83 bits per heavy atom. The number of alkyl halides is 1. The SMILES string of the molecule is Cc1sc(NC(=O)CC23CC4CC(CC(Br)(C4)C2)C3)c(C(N)=O)c1-c1ccccc1. The zero-order chi connectivity index (χ0) is 21.1. The first-order valence-electron chi connectivity index (χ1n) is 10.7. The van der Waals surface area contributed by atoms with E-state index in [2.05, 4.69) is 21.2 Å². The molecule has 2 amide bonds. The standard InChI is InChI=1S/C24H27BrN2O2S/c1-14-19(17-5-3-2-4-6-17)20(21(26)29)22(30-14)27-18(28)12-23-8-15-7-16(9-23)11-24(25,10-15)13-23/h2-6,15-16H,7-13H2,1H3,(H2,26,29)(H,27,28). The van der Waals surface area contributed by atoms with Crippen LogP contribution >= 0.6 is 27.3 Å². The Kier molecular flexibility index (Phi) is 4.86. The Bertz CT molecular complexity index is 1000. The van der Waals surface area contributed by atoms with E-state index >= 15 is 0 Å². The Balaban J connectivity index is 1.40. The normalized spacial score (nSPS) is 31.7. The van der Waals surface area contributed by atoms with Crippen LogP contribution in [0.15, 0.2) is 30.3 Å². The van der Waals surface area contributed by atoms with Crippen molar-refractivity contribution in [3.8, 4) is 11.1 Å². The Labute approximate surface area is 189 Å². The van der Waals surface area contributed by atoms with Crippen LogP contribution in [0.2, 0.25) is 0 Å². The molecular formula is C24H27BrN2O2S. The fraction of sp³-hybridized carbons (Fsp3) is 0.500. The molecule has 4 fully saturated rings. The second-order valence-corrected chi connectivity index (χ2v) is 12.7. The smallest absolute Gasteiger partial charge is 0.252 e. The summed E-state index contributed by atoms with van der Waals surface area (Å²) >= 11 is 5.47. The number of anilines is 1. The van der Waals surface area contributed by atoms with E-state index in [0.29, 0.717) is 17.0 Å². The molecule has 6 rings (SSSR count). The van der Waals surface area contributed by atoms with Gasteiger partial charge in [-0.15, -0.1) is 11.3 Å². The van der Waals surface area contributed by atoms with Crippen LogP contribution < -0.4 is 11.1 Å². The molecule has 4 aliphatic rings. The van der Waals surface area contributed by atoms with Gasteiger partial charge in [0.05, 0.1) is 5.56 Å². The highest BCUT2D eigenvalue weighted by Crippen LogP contribution is 2.65. The van der Waals surface area contributed by atoms with Crippen LogP contribution in [0.25, 0.3) is 11.1 Å². The summed E-state index contributed by atoms with van der Waals surface area (Å²) in [5.41, 5.74) is 8.06. The number of nitrogens with one attached hydrogen (secondary N) is 1. The Hall–Kier alpha value is -1.66. The molecule has 4 nitrogen and oxygen atoms in total. The fourth-order valence-electron chi connectivity index (χ4n) is 6.87. The first kappa shape index (κ1) is 20.3. The van der Waals surface area contributed by atoms with Gasteiger partial charge in [-0.3, -0.25) is 9.59 Å². The van der Waals surface area contributed by atoms with Crippen molar-refractivity contribution in [3.63, 3.8) is 0 Å². The zero-order valence-electron chi connectivity index (χ0n) is 17.2. The third kappa shape index (κ3) is 3.52. The number of hydrogen-bond donors (Lipinski definition) is 2. The lowest BCUT2D eigenvalue weighted by Crippen LogP contribution is -2.53. The van der Waals surface area contributed by atoms with Gasteiger partial charge >= 0.3 is 0 Å². The van der Waals surface area contributed by atoms with Crippen LogP contribution in [0.5, 0.6) is 0 Å². The van der Waals surface area contributed by atoms with Gasteiger partial charge in [0.2, 0.25) is 5.91 Å². The molecule has 4 saturated carbocycles. The summed E-state index contributed by atoms with van der Waals surface area (Å²) in [5.74, 6) is 1.00. The molecule has 1 heterocycles. The molecule has 158 valence electrons. The minimum absolute atomic E-state index is 0.0106. The molecule has 2 aromatic rings.